The molecule has 10 aromatic rings. The summed E-state index contributed by atoms with van der Waals surface area (Å²) < 4.78 is 5.34. The molecule has 0 N–H and O–H groups in total. The van der Waals surface area contributed by atoms with Crippen LogP contribution in [0.4, 0.5) is 34.1 Å². The van der Waals surface area contributed by atoms with Crippen LogP contribution in [0.15, 0.2) is 158 Å². The van der Waals surface area contributed by atoms with E-state index in [0.29, 0.717) is 0 Å². The number of hydrogen-bond donors (Lipinski definition) is 0. The standard InChI is InChI=1S/C63H56BN3S/c1-37-20-11-16-26-49(37)65(50-27-17-12-21-38(50)2)41-30-31-47-52(36-41)66(51-28-19-24-43-42-22-14-18-29-55(42)68-60(43)51)53-34-40(62(6,7)8)35-54-57(53)64(47)48-33-39(61(3,4)5)32-45-56-59(67(54)58(45)48)44-23-13-15-25-46(44)63(56,9)10/h11-36H,1-10H3. The smallest absolute Gasteiger partial charge is 0.252 e. The predicted octanol–water partition coefficient (Wildman–Crippen LogP) is 15.6. The highest BCUT2D eigenvalue weighted by molar-refractivity contribution is 7.26. The van der Waals surface area contributed by atoms with Gasteiger partial charge in [0.2, 0.25) is 0 Å². The Hall–Kier alpha value is -6.82. The SMILES string of the molecule is Cc1ccccc1N(c1ccc2c(c1)N(c1cccc3c1sc1ccccc13)c1cc(C(C)(C)C)cc3c1B2c1cc(C(C)(C)C)cc2c4c(n-3c12)-c1ccccc1C4(C)C)c1ccccc1C. The molecular weight excluding hydrogens is 842 g/mol. The Kier molecular flexibility index (Phi) is 8.59. The molecule has 0 spiro atoms. The number of anilines is 6. The zero-order chi connectivity index (χ0) is 46.8. The second kappa shape index (κ2) is 14.1. The number of aryl methyl sites for hydroxylation is 2. The number of aromatic nitrogens is 1. The quantitative estimate of drug-likeness (QED) is 0.163. The van der Waals surface area contributed by atoms with Gasteiger partial charge in [-0.1, -0.05) is 159 Å². The number of nitrogens with zero attached hydrogens (tertiary/aromatic N) is 3. The summed E-state index contributed by atoms with van der Waals surface area (Å²) >= 11 is 1.92. The van der Waals surface area contributed by atoms with Gasteiger partial charge in [0, 0.05) is 71.5 Å². The molecule has 2 aromatic heterocycles. The molecule has 0 unspecified atom stereocenters. The first kappa shape index (κ1) is 41.4. The maximum absolute atomic E-state index is 2.72. The molecule has 0 radical (unpaired) electrons. The third-order valence-electron chi connectivity index (χ3n) is 15.7. The summed E-state index contributed by atoms with van der Waals surface area (Å²) in [7, 11) is 0. The van der Waals surface area contributed by atoms with Crippen LogP contribution in [0, 0.1) is 13.8 Å². The van der Waals surface area contributed by atoms with E-state index in [-0.39, 0.29) is 23.0 Å². The van der Waals surface area contributed by atoms with Gasteiger partial charge in [-0.15, -0.1) is 11.3 Å². The summed E-state index contributed by atoms with van der Waals surface area (Å²) in [4.78, 5) is 5.16. The van der Waals surface area contributed by atoms with E-state index < -0.39 is 0 Å². The van der Waals surface area contributed by atoms with Crippen molar-refractivity contribution in [1.29, 1.82) is 0 Å². The van der Waals surface area contributed by atoms with Gasteiger partial charge in [0.05, 0.1) is 16.1 Å². The van der Waals surface area contributed by atoms with Crippen molar-refractivity contribution in [3.8, 4) is 16.9 Å². The zero-order valence-corrected chi connectivity index (χ0v) is 41.7. The van der Waals surface area contributed by atoms with E-state index in [2.05, 4.69) is 241 Å². The number of rotatable bonds is 4. The highest BCUT2D eigenvalue weighted by Crippen LogP contribution is 2.56. The lowest BCUT2D eigenvalue weighted by atomic mass is 9.33. The van der Waals surface area contributed by atoms with Crippen molar-refractivity contribution in [2.45, 2.75) is 85.5 Å². The van der Waals surface area contributed by atoms with Gasteiger partial charge in [-0.05, 0) is 129 Å². The Morgan fingerprint density at radius 2 is 1.18 bits per heavy atom. The molecule has 4 heterocycles. The lowest BCUT2D eigenvalue weighted by Gasteiger charge is -2.42. The summed E-state index contributed by atoms with van der Waals surface area (Å²) in [5.74, 6) is 0. The summed E-state index contributed by atoms with van der Waals surface area (Å²) in [6.07, 6.45) is 0. The molecule has 0 saturated heterocycles. The minimum absolute atomic E-state index is 0.00742. The average Bonchev–Trinajstić information content (AvgIpc) is 3.95. The molecular formula is C63H56BN3S. The van der Waals surface area contributed by atoms with Crippen LogP contribution in [-0.2, 0) is 16.2 Å². The van der Waals surface area contributed by atoms with Gasteiger partial charge in [0.25, 0.3) is 6.71 Å². The second-order valence-electron chi connectivity index (χ2n) is 22.3. The molecule has 3 nitrogen and oxygen atoms in total. The van der Waals surface area contributed by atoms with E-state index in [1.54, 1.807) is 0 Å². The third-order valence-corrected chi connectivity index (χ3v) is 16.9. The number of hydrogen-bond acceptors (Lipinski definition) is 3. The topological polar surface area (TPSA) is 11.4 Å². The van der Waals surface area contributed by atoms with Gasteiger partial charge in [-0.3, -0.25) is 0 Å². The summed E-state index contributed by atoms with van der Waals surface area (Å²) in [5, 5.41) is 4.00. The molecule has 5 heteroatoms. The van der Waals surface area contributed by atoms with E-state index in [0.717, 1.165) is 5.69 Å². The molecule has 8 aromatic carbocycles. The van der Waals surface area contributed by atoms with Crippen LogP contribution in [-0.4, -0.2) is 11.3 Å². The van der Waals surface area contributed by atoms with Crippen LogP contribution in [0.5, 0.6) is 0 Å². The molecule has 332 valence electrons. The van der Waals surface area contributed by atoms with Crippen molar-refractivity contribution in [2.75, 3.05) is 9.80 Å². The van der Waals surface area contributed by atoms with Gasteiger partial charge in [0.1, 0.15) is 0 Å². The Morgan fingerprint density at radius 1 is 0.544 bits per heavy atom. The summed E-state index contributed by atoms with van der Waals surface area (Å²) in [5.41, 5.74) is 24.3. The molecule has 13 rings (SSSR count). The van der Waals surface area contributed by atoms with Crippen LogP contribution in [0.25, 0.3) is 48.0 Å². The lowest BCUT2D eigenvalue weighted by molar-refractivity contribution is 0.590. The maximum atomic E-state index is 2.72. The number of fused-ring (bicyclic) bond motifs is 12. The molecule has 0 saturated carbocycles. The Bertz CT molecular complexity index is 3750. The van der Waals surface area contributed by atoms with Crippen molar-refractivity contribution in [3.63, 3.8) is 0 Å². The fourth-order valence-electron chi connectivity index (χ4n) is 12.2. The zero-order valence-electron chi connectivity index (χ0n) is 40.8. The minimum atomic E-state index is -0.182. The maximum Gasteiger partial charge on any atom is 0.252 e. The van der Waals surface area contributed by atoms with Crippen LogP contribution in [0.1, 0.15) is 88.8 Å². The molecule has 0 fully saturated rings. The van der Waals surface area contributed by atoms with Gasteiger partial charge in [0.15, 0.2) is 0 Å². The molecule has 3 aliphatic rings. The third kappa shape index (κ3) is 5.66. The van der Waals surface area contributed by atoms with E-state index >= 15 is 0 Å². The summed E-state index contributed by atoms with van der Waals surface area (Å²) in [6, 6.07) is 60.5. The second-order valence-corrected chi connectivity index (χ2v) is 23.3. The first-order valence-electron chi connectivity index (χ1n) is 24.4. The Morgan fingerprint density at radius 3 is 1.90 bits per heavy atom. The fourth-order valence-corrected chi connectivity index (χ4v) is 13.4. The van der Waals surface area contributed by atoms with Gasteiger partial charge >= 0.3 is 0 Å². The Labute approximate surface area is 405 Å². The van der Waals surface area contributed by atoms with Crippen molar-refractivity contribution < 1.29 is 0 Å². The van der Waals surface area contributed by atoms with Crippen LogP contribution in [0.2, 0.25) is 0 Å². The van der Waals surface area contributed by atoms with Crippen molar-refractivity contribution >= 4 is 99.6 Å². The number of benzene rings is 8. The highest BCUT2D eigenvalue weighted by atomic mass is 32.1. The van der Waals surface area contributed by atoms with E-state index in [4.69, 9.17) is 0 Å². The molecule has 2 aliphatic heterocycles. The lowest BCUT2D eigenvalue weighted by Crippen LogP contribution is -2.60. The monoisotopic (exact) mass is 897 g/mol. The fraction of sp³-hybridized carbons (Fsp3) is 0.206. The molecule has 0 amide bonds. The van der Waals surface area contributed by atoms with Gasteiger partial charge < -0.3 is 14.4 Å². The average molecular weight is 898 g/mol. The van der Waals surface area contributed by atoms with Crippen LogP contribution >= 0.6 is 11.3 Å². The Balaban J connectivity index is 1.21. The predicted molar refractivity (Wildman–Crippen MR) is 295 cm³/mol. The van der Waals surface area contributed by atoms with E-state index in [1.807, 2.05) is 11.3 Å². The van der Waals surface area contributed by atoms with Crippen molar-refractivity contribution in [1.82, 2.24) is 4.57 Å². The van der Waals surface area contributed by atoms with E-state index in [1.165, 1.54) is 126 Å². The molecule has 0 atom stereocenters. The number of para-hydroxylation sites is 2. The highest BCUT2D eigenvalue weighted by Gasteiger charge is 2.48. The van der Waals surface area contributed by atoms with Gasteiger partial charge in [-0.25, -0.2) is 0 Å². The first-order chi connectivity index (χ1) is 32.6. The normalized spacial score (nSPS) is 14.4. The van der Waals surface area contributed by atoms with Crippen molar-refractivity contribution in [2.24, 2.45) is 0 Å². The minimum Gasteiger partial charge on any atom is -0.310 e. The first-order valence-corrected chi connectivity index (χ1v) is 25.2. The molecule has 68 heavy (non-hydrogen) atoms. The largest absolute Gasteiger partial charge is 0.310 e. The van der Waals surface area contributed by atoms with Crippen LogP contribution in [0.3, 0.4) is 0 Å². The van der Waals surface area contributed by atoms with Crippen molar-refractivity contribution in [3.05, 3.63) is 191 Å². The molecule has 1 aliphatic carbocycles. The van der Waals surface area contributed by atoms with Gasteiger partial charge in [-0.2, -0.15) is 0 Å². The molecule has 0 bridgehead atoms. The summed E-state index contributed by atoms with van der Waals surface area (Å²) in [6.45, 7) is 23.7. The van der Waals surface area contributed by atoms with E-state index in [9.17, 15) is 0 Å². The number of thiophene rings is 1. The van der Waals surface area contributed by atoms with Crippen LogP contribution < -0.4 is 26.2 Å².